The molecule has 0 bridgehead atoms. The van der Waals surface area contributed by atoms with E-state index in [0.29, 0.717) is 10.1 Å². The van der Waals surface area contributed by atoms with Gasteiger partial charge < -0.3 is 15.2 Å². The molecule has 6 nitrogen and oxygen atoms in total. The molecule has 3 aromatic rings. The van der Waals surface area contributed by atoms with Crippen molar-refractivity contribution in [3.8, 4) is 16.9 Å². The van der Waals surface area contributed by atoms with Gasteiger partial charge >= 0.3 is 29.6 Å². The molecule has 8 heteroatoms. The molecule has 1 fully saturated rings. The van der Waals surface area contributed by atoms with Gasteiger partial charge in [0.05, 0.1) is 12.0 Å². The fourth-order valence-electron chi connectivity index (χ4n) is 2.78. The maximum Gasteiger partial charge on any atom is 1.00 e. The minimum atomic E-state index is -0.833. The van der Waals surface area contributed by atoms with Crippen LogP contribution in [0.4, 0.5) is 5.69 Å². The first-order valence-corrected chi connectivity index (χ1v) is 10.5. The average molecular weight is 469 g/mol. The van der Waals surface area contributed by atoms with E-state index in [0.717, 1.165) is 35.1 Å². The molecule has 1 aliphatic rings. The van der Waals surface area contributed by atoms with Crippen LogP contribution in [-0.2, 0) is 9.59 Å². The van der Waals surface area contributed by atoms with Crippen LogP contribution < -0.4 is 39.6 Å². The smallest absolute Gasteiger partial charge is 0.497 e. The van der Waals surface area contributed by atoms with E-state index < -0.39 is 5.97 Å². The van der Waals surface area contributed by atoms with Gasteiger partial charge in [-0.3, -0.25) is 14.6 Å². The van der Waals surface area contributed by atoms with E-state index in [9.17, 15) is 4.79 Å². The van der Waals surface area contributed by atoms with Crippen molar-refractivity contribution in [2.75, 3.05) is 7.11 Å². The summed E-state index contributed by atoms with van der Waals surface area (Å²) in [6.07, 6.45) is 1.87. The summed E-state index contributed by atoms with van der Waals surface area (Å²) in [4.78, 5) is 26.3. The van der Waals surface area contributed by atoms with E-state index in [1.165, 1.54) is 11.8 Å². The summed E-state index contributed by atoms with van der Waals surface area (Å²) in [7, 11) is 1.66. The Labute approximate surface area is 219 Å². The molecule has 33 heavy (non-hydrogen) atoms. The normalized spacial score (nSPS) is 14.7. The monoisotopic (exact) mass is 468 g/mol. The first-order valence-electron chi connectivity index (χ1n) is 9.64. The second-order valence-electron chi connectivity index (χ2n) is 6.61. The van der Waals surface area contributed by atoms with Gasteiger partial charge in [0.2, 0.25) is 0 Å². The van der Waals surface area contributed by atoms with E-state index in [1.54, 1.807) is 19.2 Å². The summed E-state index contributed by atoms with van der Waals surface area (Å²) >= 11 is 1.34. The molecule has 3 aromatic carbocycles. The number of aliphatic carboxylic acids is 1. The standard InChI is InChI=1S/C23H17N2O2S.C2H4O2.Na/c1-27-20-9-5-6-18(15-20)17-12-10-16(11-13-17)14-21-22(26)25-23(28-21)24-19-7-3-2-4-8-19;1-2(3)4;/h3-15H,1H3,(H,24,25,26);1H3,(H,3,4);/q-1;;+1/b21-14-;;. The maximum absolute atomic E-state index is 12.2. The van der Waals surface area contributed by atoms with Gasteiger partial charge in [-0.25, -0.2) is 0 Å². The Morgan fingerprint density at radius 2 is 1.76 bits per heavy atom. The van der Waals surface area contributed by atoms with Crippen LogP contribution in [-0.4, -0.2) is 29.3 Å². The van der Waals surface area contributed by atoms with Crippen LogP contribution in [0.25, 0.3) is 17.2 Å². The number of carboxylic acid groups (broad SMARTS) is 1. The fraction of sp³-hybridized carbons (Fsp3) is 0.0800. The van der Waals surface area contributed by atoms with Crippen LogP contribution in [0.2, 0.25) is 0 Å². The Morgan fingerprint density at radius 1 is 1.09 bits per heavy atom. The number of nitrogens with one attached hydrogen (secondary N) is 1. The molecule has 0 unspecified atom stereocenters. The number of methoxy groups -OCH3 is 1. The Morgan fingerprint density at radius 3 is 2.39 bits per heavy atom. The zero-order valence-corrected chi connectivity index (χ0v) is 21.3. The molecule has 0 spiro atoms. The molecule has 0 saturated carbocycles. The number of carbonyl (C=O) groups is 2. The minimum absolute atomic E-state index is 0. The number of amidine groups is 1. The number of carboxylic acids is 1. The van der Waals surface area contributed by atoms with Crippen molar-refractivity contribution in [1.29, 1.82) is 0 Å². The molecule has 0 aliphatic carbocycles. The first-order chi connectivity index (χ1) is 15.4. The third-order valence-electron chi connectivity index (χ3n) is 4.19. The molecular weight excluding hydrogens is 447 g/mol. The molecule has 0 aromatic heterocycles. The van der Waals surface area contributed by atoms with E-state index in [2.05, 4.69) is 16.4 Å². The average Bonchev–Trinajstić information content (AvgIpc) is 3.13. The second kappa shape index (κ2) is 13.0. The summed E-state index contributed by atoms with van der Waals surface area (Å²) in [6.45, 7) is 1.08. The molecule has 0 radical (unpaired) electrons. The van der Waals surface area contributed by atoms with Gasteiger partial charge in [0.15, 0.2) is 5.17 Å². The predicted molar refractivity (Wildman–Crippen MR) is 128 cm³/mol. The van der Waals surface area contributed by atoms with Crippen LogP contribution in [0.5, 0.6) is 5.75 Å². The SMILES string of the molecule is CC(=O)O.COc1cccc(-c2ccc(/C=C3\SC(=Nc4cc[c-]cc4)NC3=O)cc2)c1.[Na+]. The number of carbonyl (C=O) groups excluding carboxylic acids is 1. The maximum atomic E-state index is 12.2. The molecule has 2 N–H and O–H groups in total. The third kappa shape index (κ3) is 8.22. The Hall–Kier alpha value is -2.84. The quantitative estimate of drug-likeness (QED) is 0.348. The summed E-state index contributed by atoms with van der Waals surface area (Å²) < 4.78 is 5.28. The van der Waals surface area contributed by atoms with Crippen molar-refractivity contribution in [1.82, 2.24) is 5.32 Å². The number of ether oxygens (including phenoxy) is 1. The molecule has 1 amide bonds. The molecule has 0 atom stereocenters. The van der Waals surface area contributed by atoms with Crippen molar-refractivity contribution in [2.45, 2.75) is 6.92 Å². The number of nitrogens with zero attached hydrogens (tertiary/aromatic N) is 1. The largest absolute Gasteiger partial charge is 1.00 e. The van der Waals surface area contributed by atoms with Crippen molar-refractivity contribution < 1.29 is 49.0 Å². The van der Waals surface area contributed by atoms with Gasteiger partial charge in [-0.05, 0) is 52.3 Å². The van der Waals surface area contributed by atoms with Crippen LogP contribution in [0.15, 0.2) is 82.7 Å². The number of thioether (sulfide) groups is 1. The number of hydrogen-bond acceptors (Lipinski definition) is 5. The molecule has 162 valence electrons. The van der Waals surface area contributed by atoms with Crippen molar-refractivity contribution >= 4 is 40.6 Å². The molecule has 1 aliphatic heterocycles. The van der Waals surface area contributed by atoms with Crippen molar-refractivity contribution in [3.05, 3.63) is 89.3 Å². The van der Waals surface area contributed by atoms with Gasteiger partial charge in [-0.15, -0.1) is 12.1 Å². The second-order valence-corrected chi connectivity index (χ2v) is 7.64. The van der Waals surface area contributed by atoms with E-state index in [1.807, 2.05) is 66.7 Å². The zero-order chi connectivity index (χ0) is 22.9. The van der Waals surface area contributed by atoms with Crippen LogP contribution >= 0.6 is 11.8 Å². The van der Waals surface area contributed by atoms with Crippen LogP contribution in [0.1, 0.15) is 12.5 Å². The number of benzene rings is 3. The summed E-state index contributed by atoms with van der Waals surface area (Å²) in [5, 5.41) is 10.8. The zero-order valence-electron chi connectivity index (χ0n) is 18.5. The minimum Gasteiger partial charge on any atom is -0.497 e. The third-order valence-corrected chi connectivity index (χ3v) is 5.10. The summed E-state index contributed by atoms with van der Waals surface area (Å²) in [6, 6.07) is 26.2. The van der Waals surface area contributed by atoms with Gasteiger partial charge in [-0.2, -0.15) is 18.2 Å². The van der Waals surface area contributed by atoms with Crippen LogP contribution in [0, 0.1) is 6.07 Å². The number of rotatable bonds is 4. The van der Waals surface area contributed by atoms with E-state index in [4.69, 9.17) is 14.6 Å². The van der Waals surface area contributed by atoms with Gasteiger partial charge in [0.1, 0.15) is 5.75 Å². The summed E-state index contributed by atoms with van der Waals surface area (Å²) in [5.74, 6) is -0.144. The molecule has 4 rings (SSSR count). The van der Waals surface area contributed by atoms with Gasteiger partial charge in [-0.1, -0.05) is 36.4 Å². The molecular formula is C25H21N2NaO4S. The fourth-order valence-corrected chi connectivity index (χ4v) is 3.62. The Kier molecular flexibility index (Phi) is 10.4. The number of hydrogen-bond donors (Lipinski definition) is 2. The number of aliphatic imine (C=N–C) groups is 1. The summed E-state index contributed by atoms with van der Waals surface area (Å²) in [5.41, 5.74) is 3.92. The van der Waals surface area contributed by atoms with Crippen LogP contribution in [0.3, 0.4) is 0 Å². The first kappa shape index (κ1) is 26.4. The predicted octanol–water partition coefficient (Wildman–Crippen LogP) is 2.15. The van der Waals surface area contributed by atoms with Crippen molar-refractivity contribution in [2.24, 2.45) is 4.99 Å². The van der Waals surface area contributed by atoms with Crippen molar-refractivity contribution in [3.63, 3.8) is 0 Å². The number of amides is 1. The van der Waals surface area contributed by atoms with E-state index >= 15 is 0 Å². The van der Waals surface area contributed by atoms with E-state index in [-0.39, 0.29) is 35.5 Å². The van der Waals surface area contributed by atoms with Gasteiger partial charge in [0.25, 0.3) is 11.9 Å². The Bertz CT molecular complexity index is 1160. The molecule has 1 heterocycles. The molecule has 1 saturated heterocycles. The topological polar surface area (TPSA) is 88.0 Å². The van der Waals surface area contributed by atoms with Gasteiger partial charge in [0, 0.05) is 6.92 Å². The Balaban J connectivity index is 0.000000714.